The minimum atomic E-state index is -0.726. The van der Waals surface area contributed by atoms with Crippen molar-refractivity contribution < 1.29 is 23.2 Å². The molecule has 1 aromatic heterocycles. The summed E-state index contributed by atoms with van der Waals surface area (Å²) in [5.41, 5.74) is 0.225. The van der Waals surface area contributed by atoms with Crippen molar-refractivity contribution in [2.45, 2.75) is 0 Å². The molecule has 0 bridgehead atoms. The zero-order chi connectivity index (χ0) is 21.5. The van der Waals surface area contributed by atoms with E-state index in [1.807, 2.05) is 0 Å². The summed E-state index contributed by atoms with van der Waals surface area (Å²) >= 11 is 0. The van der Waals surface area contributed by atoms with Crippen LogP contribution in [-0.2, 0) is 4.79 Å². The number of rotatable bonds is 6. The number of hydrogen-bond acceptors (Lipinski definition) is 4. The highest BCUT2D eigenvalue weighted by Gasteiger charge is 2.17. The highest BCUT2D eigenvalue weighted by atomic mass is 19.1. The van der Waals surface area contributed by atoms with Gasteiger partial charge in [0.1, 0.15) is 17.3 Å². The van der Waals surface area contributed by atoms with Gasteiger partial charge in [-0.1, -0.05) is 18.2 Å². The van der Waals surface area contributed by atoms with Gasteiger partial charge in [0.2, 0.25) is 0 Å². The fraction of sp³-hybridized carbons (Fsp3) is 0.0455. The Balaban J connectivity index is 1.86. The third-order valence-corrected chi connectivity index (χ3v) is 4.05. The average Bonchev–Trinajstić information content (AvgIpc) is 3.27. The first-order valence-electron chi connectivity index (χ1n) is 8.92. The van der Waals surface area contributed by atoms with Gasteiger partial charge in [0.05, 0.1) is 11.8 Å². The summed E-state index contributed by atoms with van der Waals surface area (Å²) in [6, 6.07) is 15.2. The van der Waals surface area contributed by atoms with Crippen LogP contribution in [0.15, 0.2) is 77.0 Å². The molecular weight excluding hydrogens is 389 g/mol. The summed E-state index contributed by atoms with van der Waals surface area (Å²) in [7, 11) is 1.37. The lowest BCUT2D eigenvalue weighted by Gasteiger charge is -2.12. The molecule has 2 aromatic carbocycles. The lowest BCUT2D eigenvalue weighted by Crippen LogP contribution is -2.30. The SMILES string of the molecule is CNC(=O)c1cc(NC(=O)C(=Cc2ccco2)NC(=O)c2ccccc2)ccc1F. The second kappa shape index (κ2) is 9.33. The molecule has 0 spiro atoms. The van der Waals surface area contributed by atoms with Gasteiger partial charge in [0.15, 0.2) is 0 Å². The Hall–Kier alpha value is -4.20. The second-order valence-corrected chi connectivity index (χ2v) is 6.12. The molecule has 0 radical (unpaired) electrons. The number of halogens is 1. The highest BCUT2D eigenvalue weighted by Crippen LogP contribution is 2.16. The fourth-order valence-corrected chi connectivity index (χ4v) is 2.57. The number of anilines is 1. The van der Waals surface area contributed by atoms with Crippen molar-refractivity contribution in [2.75, 3.05) is 12.4 Å². The second-order valence-electron chi connectivity index (χ2n) is 6.12. The Labute approximate surface area is 171 Å². The summed E-state index contributed by atoms with van der Waals surface area (Å²) in [6.07, 6.45) is 2.79. The van der Waals surface area contributed by atoms with Crippen LogP contribution in [0.2, 0.25) is 0 Å². The molecule has 0 saturated carbocycles. The molecule has 1 heterocycles. The summed E-state index contributed by atoms with van der Waals surface area (Å²) in [6.45, 7) is 0. The minimum Gasteiger partial charge on any atom is -0.465 e. The van der Waals surface area contributed by atoms with Crippen LogP contribution in [0.25, 0.3) is 6.08 Å². The lowest BCUT2D eigenvalue weighted by atomic mass is 10.1. The van der Waals surface area contributed by atoms with Gasteiger partial charge in [0.25, 0.3) is 17.7 Å². The van der Waals surface area contributed by atoms with E-state index in [1.165, 1.54) is 31.5 Å². The van der Waals surface area contributed by atoms with Gasteiger partial charge in [-0.05, 0) is 42.5 Å². The van der Waals surface area contributed by atoms with E-state index in [-0.39, 0.29) is 16.9 Å². The highest BCUT2D eigenvalue weighted by molar-refractivity contribution is 6.10. The summed E-state index contributed by atoms with van der Waals surface area (Å²) in [4.78, 5) is 37.1. The number of nitrogens with one attached hydrogen (secondary N) is 3. The van der Waals surface area contributed by atoms with E-state index < -0.39 is 23.5 Å². The van der Waals surface area contributed by atoms with E-state index in [0.29, 0.717) is 11.3 Å². The predicted molar refractivity (Wildman–Crippen MR) is 109 cm³/mol. The van der Waals surface area contributed by atoms with Gasteiger partial charge in [-0.3, -0.25) is 14.4 Å². The largest absolute Gasteiger partial charge is 0.465 e. The molecule has 8 heteroatoms. The van der Waals surface area contributed by atoms with Crippen molar-refractivity contribution >= 4 is 29.5 Å². The van der Waals surface area contributed by atoms with Crippen LogP contribution in [0.3, 0.4) is 0 Å². The maximum absolute atomic E-state index is 13.9. The number of amides is 3. The van der Waals surface area contributed by atoms with Crippen LogP contribution in [-0.4, -0.2) is 24.8 Å². The predicted octanol–water partition coefficient (Wildman–Crippen LogP) is 3.19. The standard InChI is InChI=1S/C22H18FN3O4/c1-24-21(28)17-12-15(9-10-18(17)23)25-22(29)19(13-16-8-5-11-30-16)26-20(27)14-6-3-2-4-7-14/h2-13H,1H3,(H,24,28)(H,25,29)(H,26,27). The monoisotopic (exact) mass is 407 g/mol. The summed E-state index contributed by atoms with van der Waals surface area (Å²) in [5.74, 6) is -2.18. The maximum atomic E-state index is 13.9. The lowest BCUT2D eigenvalue weighted by molar-refractivity contribution is -0.113. The molecule has 0 atom stereocenters. The van der Waals surface area contributed by atoms with Gasteiger partial charge >= 0.3 is 0 Å². The molecule has 0 aliphatic heterocycles. The topological polar surface area (TPSA) is 100 Å². The van der Waals surface area contributed by atoms with E-state index in [1.54, 1.807) is 42.5 Å². The zero-order valence-electron chi connectivity index (χ0n) is 15.9. The third kappa shape index (κ3) is 4.99. The Morgan fingerprint density at radius 3 is 2.40 bits per heavy atom. The van der Waals surface area contributed by atoms with Crippen LogP contribution in [0.1, 0.15) is 26.5 Å². The van der Waals surface area contributed by atoms with E-state index in [2.05, 4.69) is 16.0 Å². The van der Waals surface area contributed by atoms with Crippen LogP contribution < -0.4 is 16.0 Å². The van der Waals surface area contributed by atoms with Crippen molar-refractivity contribution in [3.8, 4) is 0 Å². The molecule has 7 nitrogen and oxygen atoms in total. The van der Waals surface area contributed by atoms with Gasteiger partial charge in [-0.15, -0.1) is 0 Å². The fourth-order valence-electron chi connectivity index (χ4n) is 2.57. The molecule has 30 heavy (non-hydrogen) atoms. The Kier molecular flexibility index (Phi) is 6.39. The molecule has 0 aliphatic rings. The number of hydrogen-bond donors (Lipinski definition) is 3. The van der Waals surface area contributed by atoms with Gasteiger partial charge in [-0.25, -0.2) is 4.39 Å². The first kappa shape index (κ1) is 20.5. The third-order valence-electron chi connectivity index (χ3n) is 4.05. The van der Waals surface area contributed by atoms with Crippen LogP contribution in [0, 0.1) is 5.82 Å². The van der Waals surface area contributed by atoms with E-state index >= 15 is 0 Å². The Bertz CT molecular complexity index is 1090. The molecule has 3 amide bonds. The van der Waals surface area contributed by atoms with Crippen molar-refractivity contribution in [3.63, 3.8) is 0 Å². The summed E-state index contributed by atoms with van der Waals surface area (Å²) < 4.78 is 19.1. The zero-order valence-corrected chi connectivity index (χ0v) is 15.9. The molecule has 0 unspecified atom stereocenters. The maximum Gasteiger partial charge on any atom is 0.272 e. The van der Waals surface area contributed by atoms with Gasteiger partial charge in [-0.2, -0.15) is 0 Å². The summed E-state index contributed by atoms with van der Waals surface area (Å²) in [5, 5.41) is 7.42. The first-order valence-corrected chi connectivity index (χ1v) is 8.92. The number of benzene rings is 2. The molecular formula is C22H18FN3O4. The molecule has 3 rings (SSSR count). The van der Waals surface area contributed by atoms with Crippen molar-refractivity contribution in [1.29, 1.82) is 0 Å². The smallest absolute Gasteiger partial charge is 0.272 e. The Morgan fingerprint density at radius 1 is 0.967 bits per heavy atom. The van der Waals surface area contributed by atoms with Crippen LogP contribution >= 0.6 is 0 Å². The van der Waals surface area contributed by atoms with Crippen molar-refractivity contribution in [3.05, 3.63) is 95.3 Å². The molecule has 0 fully saturated rings. The Morgan fingerprint density at radius 2 is 1.73 bits per heavy atom. The average molecular weight is 407 g/mol. The van der Waals surface area contributed by atoms with Gasteiger partial charge < -0.3 is 20.4 Å². The molecule has 3 N–H and O–H groups in total. The number of carbonyl (C=O) groups is 3. The molecule has 0 saturated heterocycles. The molecule has 152 valence electrons. The van der Waals surface area contributed by atoms with Crippen molar-refractivity contribution in [1.82, 2.24) is 10.6 Å². The van der Waals surface area contributed by atoms with E-state index in [9.17, 15) is 18.8 Å². The van der Waals surface area contributed by atoms with Crippen LogP contribution in [0.4, 0.5) is 10.1 Å². The quantitative estimate of drug-likeness (QED) is 0.547. The molecule has 0 aliphatic carbocycles. The minimum absolute atomic E-state index is 0.0929. The number of carbonyl (C=O) groups excluding carboxylic acids is 3. The molecule has 3 aromatic rings. The van der Waals surface area contributed by atoms with Crippen molar-refractivity contribution in [2.24, 2.45) is 0 Å². The van der Waals surface area contributed by atoms with Crippen LogP contribution in [0.5, 0.6) is 0 Å². The van der Waals surface area contributed by atoms with E-state index in [4.69, 9.17) is 4.42 Å². The normalized spacial score (nSPS) is 10.9. The van der Waals surface area contributed by atoms with Gasteiger partial charge in [0, 0.05) is 24.4 Å². The number of furan rings is 1. The first-order chi connectivity index (χ1) is 14.5. The van der Waals surface area contributed by atoms with E-state index in [0.717, 1.165) is 6.07 Å².